The van der Waals surface area contributed by atoms with Crippen LogP contribution >= 0.6 is 11.6 Å². The summed E-state index contributed by atoms with van der Waals surface area (Å²) in [6.45, 7) is 1.15. The lowest BCUT2D eigenvalue weighted by atomic mass is 9.78. The Morgan fingerprint density at radius 2 is 1.95 bits per heavy atom. The Morgan fingerprint density at radius 3 is 2.81 bits per heavy atom. The van der Waals surface area contributed by atoms with E-state index in [9.17, 15) is 0 Å². The largest absolute Gasteiger partial charge is 0.461 e. The summed E-state index contributed by atoms with van der Waals surface area (Å²) >= 11 is 6.08. The molecule has 1 aromatic carbocycles. The summed E-state index contributed by atoms with van der Waals surface area (Å²) in [5, 5.41) is 5.63. The molecule has 0 spiro atoms. The molecular formula is C18H22ClNO. The zero-order chi connectivity index (χ0) is 14.2. The molecule has 2 nitrogen and oxygen atoms in total. The molecule has 2 aromatic rings. The van der Waals surface area contributed by atoms with Crippen molar-refractivity contribution >= 4 is 22.6 Å². The molecule has 3 heteroatoms. The number of hydrogen-bond donors (Lipinski definition) is 1. The predicted octanol–water partition coefficient (Wildman–Crippen LogP) is 5.11. The number of hydrogen-bond acceptors (Lipinski definition) is 2. The van der Waals surface area contributed by atoms with Gasteiger partial charge in [-0.1, -0.05) is 24.4 Å². The van der Waals surface area contributed by atoms with Crippen LogP contribution in [0.3, 0.4) is 0 Å². The van der Waals surface area contributed by atoms with Gasteiger partial charge in [0.1, 0.15) is 11.3 Å². The highest BCUT2D eigenvalue weighted by Gasteiger charge is 2.30. The van der Waals surface area contributed by atoms with Gasteiger partial charge in [-0.05, 0) is 62.4 Å². The van der Waals surface area contributed by atoms with E-state index in [1.807, 2.05) is 18.2 Å². The third kappa shape index (κ3) is 2.97. The third-order valence-corrected chi connectivity index (χ3v) is 5.25. The van der Waals surface area contributed by atoms with Crippen LogP contribution in [0.15, 0.2) is 28.7 Å². The van der Waals surface area contributed by atoms with Gasteiger partial charge in [0.25, 0.3) is 0 Å². The van der Waals surface area contributed by atoms with Gasteiger partial charge in [0.05, 0.1) is 0 Å². The first-order chi connectivity index (χ1) is 10.3. The summed E-state index contributed by atoms with van der Waals surface area (Å²) in [4.78, 5) is 0. The number of furan rings is 1. The molecule has 1 heterocycles. The molecule has 2 saturated carbocycles. The van der Waals surface area contributed by atoms with Crippen LogP contribution in [0.2, 0.25) is 5.02 Å². The smallest absolute Gasteiger partial charge is 0.134 e. The van der Waals surface area contributed by atoms with Crippen LogP contribution in [-0.2, 0) is 0 Å². The molecule has 112 valence electrons. The number of halogens is 1. The Hall–Kier alpha value is -0.990. The van der Waals surface area contributed by atoms with E-state index in [-0.39, 0.29) is 0 Å². The Bertz CT molecular complexity index is 631. The molecule has 1 N–H and O–H groups in total. The van der Waals surface area contributed by atoms with Gasteiger partial charge in [-0.15, -0.1) is 0 Å². The monoisotopic (exact) mass is 303 g/mol. The standard InChI is InChI=1S/C18H22ClNO/c19-14-5-8-17-13(9-14)10-18(21-17)16-4-2-1-3-12(16)11-20-15-6-7-15/h5,8-10,12,15-16,20H,1-4,6-7,11H2. The zero-order valence-corrected chi connectivity index (χ0v) is 13.0. The SMILES string of the molecule is Clc1ccc2oc(C3CCCCC3CNC3CC3)cc2c1. The lowest BCUT2D eigenvalue weighted by Gasteiger charge is -2.30. The van der Waals surface area contributed by atoms with Crippen LogP contribution in [0.4, 0.5) is 0 Å². The summed E-state index contributed by atoms with van der Waals surface area (Å²) in [7, 11) is 0. The molecule has 2 aliphatic rings. The van der Waals surface area contributed by atoms with E-state index in [1.165, 1.54) is 38.5 Å². The fourth-order valence-electron chi connectivity index (χ4n) is 3.65. The van der Waals surface area contributed by atoms with Gasteiger partial charge in [0, 0.05) is 22.4 Å². The highest BCUT2D eigenvalue weighted by Crippen LogP contribution is 2.40. The van der Waals surface area contributed by atoms with Crippen LogP contribution in [0.25, 0.3) is 11.0 Å². The summed E-state index contributed by atoms with van der Waals surface area (Å²) in [5.41, 5.74) is 0.967. The van der Waals surface area contributed by atoms with E-state index in [0.29, 0.717) is 5.92 Å². The third-order valence-electron chi connectivity index (χ3n) is 5.02. The second-order valence-electron chi connectivity index (χ2n) is 6.66. The number of nitrogens with one attached hydrogen (secondary N) is 1. The molecule has 0 radical (unpaired) electrons. The summed E-state index contributed by atoms with van der Waals surface area (Å²) in [5.74, 6) is 2.45. The van der Waals surface area contributed by atoms with E-state index >= 15 is 0 Å². The number of rotatable bonds is 4. The second kappa shape index (κ2) is 5.66. The van der Waals surface area contributed by atoms with Crippen LogP contribution in [0, 0.1) is 5.92 Å². The van der Waals surface area contributed by atoms with Crippen molar-refractivity contribution in [3.05, 3.63) is 35.0 Å². The molecule has 2 unspecified atom stereocenters. The lowest BCUT2D eigenvalue weighted by molar-refractivity contribution is 0.267. The van der Waals surface area contributed by atoms with Crippen molar-refractivity contribution in [2.75, 3.05) is 6.54 Å². The van der Waals surface area contributed by atoms with Gasteiger partial charge in [-0.2, -0.15) is 0 Å². The minimum absolute atomic E-state index is 0.566. The van der Waals surface area contributed by atoms with E-state index in [2.05, 4.69) is 11.4 Å². The van der Waals surface area contributed by atoms with Gasteiger partial charge in [0.2, 0.25) is 0 Å². The number of fused-ring (bicyclic) bond motifs is 1. The first-order valence-electron chi connectivity index (χ1n) is 8.22. The highest BCUT2D eigenvalue weighted by molar-refractivity contribution is 6.31. The van der Waals surface area contributed by atoms with Gasteiger partial charge in [0.15, 0.2) is 0 Å². The molecular weight excluding hydrogens is 282 g/mol. The summed E-state index contributed by atoms with van der Waals surface area (Å²) in [6.07, 6.45) is 7.98. The maximum atomic E-state index is 6.13. The van der Waals surface area contributed by atoms with E-state index in [0.717, 1.165) is 40.3 Å². The van der Waals surface area contributed by atoms with Crippen molar-refractivity contribution in [2.45, 2.75) is 50.5 Å². The average molecular weight is 304 g/mol. The maximum Gasteiger partial charge on any atom is 0.134 e. The van der Waals surface area contributed by atoms with Gasteiger partial charge >= 0.3 is 0 Å². The summed E-state index contributed by atoms with van der Waals surface area (Å²) < 4.78 is 6.13. The Labute approximate surface area is 130 Å². The fourth-order valence-corrected chi connectivity index (χ4v) is 3.83. The van der Waals surface area contributed by atoms with Gasteiger partial charge in [-0.3, -0.25) is 0 Å². The van der Waals surface area contributed by atoms with Crippen molar-refractivity contribution in [3.8, 4) is 0 Å². The Morgan fingerprint density at radius 1 is 1.10 bits per heavy atom. The molecule has 0 bridgehead atoms. The van der Waals surface area contributed by atoms with Crippen LogP contribution in [0.5, 0.6) is 0 Å². The zero-order valence-electron chi connectivity index (χ0n) is 12.3. The van der Waals surface area contributed by atoms with E-state index < -0.39 is 0 Å². The quantitative estimate of drug-likeness (QED) is 0.849. The molecule has 2 aliphatic carbocycles. The highest BCUT2D eigenvalue weighted by atomic mass is 35.5. The summed E-state index contributed by atoms with van der Waals surface area (Å²) in [6, 6.07) is 8.90. The average Bonchev–Trinajstić information content (AvgIpc) is 3.23. The van der Waals surface area contributed by atoms with Crippen molar-refractivity contribution < 1.29 is 4.42 Å². The van der Waals surface area contributed by atoms with E-state index in [1.54, 1.807) is 0 Å². The molecule has 0 aliphatic heterocycles. The molecule has 0 amide bonds. The second-order valence-corrected chi connectivity index (χ2v) is 7.10. The topological polar surface area (TPSA) is 25.2 Å². The normalized spacial score (nSPS) is 26.3. The molecule has 1 aromatic heterocycles. The van der Waals surface area contributed by atoms with Crippen LogP contribution in [0.1, 0.15) is 50.2 Å². The first kappa shape index (κ1) is 13.7. The van der Waals surface area contributed by atoms with Gasteiger partial charge in [-0.25, -0.2) is 0 Å². The number of benzene rings is 1. The minimum Gasteiger partial charge on any atom is -0.461 e. The minimum atomic E-state index is 0.566. The molecule has 21 heavy (non-hydrogen) atoms. The predicted molar refractivity (Wildman–Crippen MR) is 86.9 cm³/mol. The van der Waals surface area contributed by atoms with Crippen LogP contribution in [-0.4, -0.2) is 12.6 Å². The van der Waals surface area contributed by atoms with E-state index in [4.69, 9.17) is 16.0 Å². The van der Waals surface area contributed by atoms with Gasteiger partial charge < -0.3 is 9.73 Å². The van der Waals surface area contributed by atoms with Crippen molar-refractivity contribution in [3.63, 3.8) is 0 Å². The van der Waals surface area contributed by atoms with Crippen molar-refractivity contribution in [1.29, 1.82) is 0 Å². The Balaban J connectivity index is 1.57. The molecule has 2 fully saturated rings. The first-order valence-corrected chi connectivity index (χ1v) is 8.60. The van der Waals surface area contributed by atoms with Crippen molar-refractivity contribution in [2.24, 2.45) is 5.92 Å². The maximum absolute atomic E-state index is 6.13. The lowest BCUT2D eigenvalue weighted by Crippen LogP contribution is -2.30. The molecule has 2 atom stereocenters. The molecule has 4 rings (SSSR count). The van der Waals surface area contributed by atoms with Crippen molar-refractivity contribution in [1.82, 2.24) is 5.32 Å². The Kier molecular flexibility index (Phi) is 3.68. The fraction of sp³-hybridized carbons (Fsp3) is 0.556. The molecule has 0 saturated heterocycles. The van der Waals surface area contributed by atoms with Crippen LogP contribution < -0.4 is 5.32 Å².